The number of carbonyl (C=O) groups is 1. The van der Waals surface area contributed by atoms with Gasteiger partial charge in [0.1, 0.15) is 0 Å². The first-order valence-electron chi connectivity index (χ1n) is 4.08. The van der Waals surface area contributed by atoms with E-state index in [4.69, 9.17) is 5.73 Å². The van der Waals surface area contributed by atoms with Crippen LogP contribution in [0.3, 0.4) is 0 Å². The van der Waals surface area contributed by atoms with Gasteiger partial charge in [-0.05, 0) is 12.1 Å². The van der Waals surface area contributed by atoms with Crippen LogP contribution in [0.2, 0.25) is 0 Å². The van der Waals surface area contributed by atoms with Gasteiger partial charge in [0.25, 0.3) is 0 Å². The van der Waals surface area contributed by atoms with Gasteiger partial charge in [-0.3, -0.25) is 4.79 Å². The van der Waals surface area contributed by atoms with E-state index < -0.39 is 0 Å². The van der Waals surface area contributed by atoms with Gasteiger partial charge < -0.3 is 15.0 Å². The van der Waals surface area contributed by atoms with Gasteiger partial charge in [-0.1, -0.05) is 0 Å². The van der Waals surface area contributed by atoms with Gasteiger partial charge in [-0.25, -0.2) is 0 Å². The second-order valence-electron chi connectivity index (χ2n) is 2.93. The van der Waals surface area contributed by atoms with Crippen LogP contribution >= 0.6 is 0 Å². The van der Waals surface area contributed by atoms with Crippen LogP contribution in [0, 0.1) is 0 Å². The molecule has 0 aliphatic heterocycles. The van der Waals surface area contributed by atoms with Crippen molar-refractivity contribution in [3.05, 3.63) is 24.0 Å². The number of carbonyl (C=O) groups excluding carboxylic acids is 1. The molecule has 0 amide bonds. The molecule has 2 N–H and O–H groups in total. The molecule has 0 aliphatic carbocycles. The lowest BCUT2D eigenvalue weighted by molar-refractivity contribution is -0.141. The number of rotatable bonds is 3. The maximum absolute atomic E-state index is 10.9. The van der Waals surface area contributed by atoms with Crippen molar-refractivity contribution in [3.8, 4) is 0 Å². The summed E-state index contributed by atoms with van der Waals surface area (Å²) in [6.45, 7) is 0. The first-order chi connectivity index (χ1) is 6.15. The summed E-state index contributed by atoms with van der Waals surface area (Å²) >= 11 is 0. The Hall–Kier alpha value is -1.29. The molecule has 0 bridgehead atoms. The number of aromatic nitrogens is 1. The molecule has 1 atom stereocenters. The topological polar surface area (TPSA) is 57.2 Å². The Bertz CT molecular complexity index is 294. The molecule has 13 heavy (non-hydrogen) atoms. The summed E-state index contributed by atoms with van der Waals surface area (Å²) in [5.41, 5.74) is 6.73. The van der Waals surface area contributed by atoms with Crippen molar-refractivity contribution in [3.63, 3.8) is 0 Å². The average molecular weight is 182 g/mol. The first-order valence-corrected chi connectivity index (χ1v) is 4.08. The Morgan fingerprint density at radius 1 is 1.77 bits per heavy atom. The van der Waals surface area contributed by atoms with E-state index in [1.165, 1.54) is 7.11 Å². The summed E-state index contributed by atoms with van der Waals surface area (Å²) in [5.74, 6) is -0.284. The SMILES string of the molecule is COC(=O)CC(N)c1cccn1C. The summed E-state index contributed by atoms with van der Waals surface area (Å²) in [5, 5.41) is 0. The highest BCUT2D eigenvalue weighted by Gasteiger charge is 2.13. The van der Waals surface area contributed by atoms with Crippen LogP contribution in [0.1, 0.15) is 18.2 Å². The Kier molecular flexibility index (Phi) is 3.08. The van der Waals surface area contributed by atoms with Crippen LogP contribution in [0.25, 0.3) is 0 Å². The molecular weight excluding hydrogens is 168 g/mol. The molecule has 1 rings (SSSR count). The van der Waals surface area contributed by atoms with Crippen LogP contribution < -0.4 is 5.73 Å². The molecular formula is C9H14N2O2. The monoisotopic (exact) mass is 182 g/mol. The van der Waals surface area contributed by atoms with Gasteiger partial charge in [-0.2, -0.15) is 0 Å². The minimum Gasteiger partial charge on any atom is -0.469 e. The lowest BCUT2D eigenvalue weighted by atomic mass is 10.1. The predicted octanol–water partition coefficient (Wildman–Crippen LogP) is 0.588. The first kappa shape index (κ1) is 9.80. The fourth-order valence-electron chi connectivity index (χ4n) is 1.23. The van der Waals surface area contributed by atoms with E-state index in [0.717, 1.165) is 5.69 Å². The second-order valence-corrected chi connectivity index (χ2v) is 2.93. The van der Waals surface area contributed by atoms with Crippen LogP contribution in [0.15, 0.2) is 18.3 Å². The molecule has 0 aromatic carbocycles. The number of hydrogen-bond donors (Lipinski definition) is 1. The van der Waals surface area contributed by atoms with Crippen LogP contribution in [0.4, 0.5) is 0 Å². The summed E-state index contributed by atoms with van der Waals surface area (Å²) in [7, 11) is 3.26. The Morgan fingerprint density at radius 3 is 2.92 bits per heavy atom. The molecule has 1 aromatic rings. The maximum Gasteiger partial charge on any atom is 0.307 e. The molecule has 1 heterocycles. The second kappa shape index (κ2) is 4.09. The van der Waals surface area contributed by atoms with Crippen molar-refractivity contribution in [1.82, 2.24) is 4.57 Å². The molecule has 4 heteroatoms. The fraction of sp³-hybridized carbons (Fsp3) is 0.444. The van der Waals surface area contributed by atoms with Crippen LogP contribution in [-0.2, 0) is 16.6 Å². The third-order valence-electron chi connectivity index (χ3n) is 1.98. The predicted molar refractivity (Wildman–Crippen MR) is 49.0 cm³/mol. The molecule has 0 aliphatic rings. The molecule has 0 spiro atoms. The smallest absolute Gasteiger partial charge is 0.307 e. The lowest BCUT2D eigenvalue weighted by Crippen LogP contribution is -2.18. The molecule has 0 fully saturated rings. The van der Waals surface area contributed by atoms with Crippen molar-refractivity contribution in [2.24, 2.45) is 12.8 Å². The number of hydrogen-bond acceptors (Lipinski definition) is 3. The summed E-state index contributed by atoms with van der Waals surface area (Å²) in [6, 6.07) is 3.51. The minimum absolute atomic E-state index is 0.217. The zero-order valence-corrected chi connectivity index (χ0v) is 7.86. The van der Waals surface area contributed by atoms with Crippen molar-refractivity contribution in [2.45, 2.75) is 12.5 Å². The van der Waals surface area contributed by atoms with Crippen molar-refractivity contribution in [1.29, 1.82) is 0 Å². The number of methoxy groups -OCH3 is 1. The zero-order chi connectivity index (χ0) is 9.84. The van der Waals surface area contributed by atoms with E-state index in [0.29, 0.717) is 0 Å². The summed E-state index contributed by atoms with van der Waals surface area (Å²) in [6.07, 6.45) is 2.11. The van der Waals surface area contributed by atoms with Gasteiger partial charge in [0.2, 0.25) is 0 Å². The number of esters is 1. The fourth-order valence-corrected chi connectivity index (χ4v) is 1.23. The summed E-state index contributed by atoms with van der Waals surface area (Å²) in [4.78, 5) is 10.9. The lowest BCUT2D eigenvalue weighted by Gasteiger charge is -2.11. The van der Waals surface area contributed by atoms with Crippen LogP contribution in [-0.4, -0.2) is 17.6 Å². The largest absolute Gasteiger partial charge is 0.469 e. The number of nitrogens with zero attached hydrogens (tertiary/aromatic N) is 1. The Labute approximate surface area is 77.3 Å². The maximum atomic E-state index is 10.9. The van der Waals surface area contributed by atoms with Crippen molar-refractivity contribution in [2.75, 3.05) is 7.11 Å². The molecule has 0 saturated carbocycles. The third-order valence-corrected chi connectivity index (χ3v) is 1.98. The van der Waals surface area contributed by atoms with Gasteiger partial charge in [-0.15, -0.1) is 0 Å². The summed E-state index contributed by atoms with van der Waals surface area (Å²) < 4.78 is 6.43. The third kappa shape index (κ3) is 2.32. The van der Waals surface area contributed by atoms with Crippen molar-refractivity contribution >= 4 is 5.97 Å². The normalized spacial score (nSPS) is 12.5. The van der Waals surface area contributed by atoms with Crippen molar-refractivity contribution < 1.29 is 9.53 Å². The highest BCUT2D eigenvalue weighted by Crippen LogP contribution is 2.13. The zero-order valence-electron chi connectivity index (χ0n) is 7.86. The number of nitrogens with two attached hydrogens (primary N) is 1. The molecule has 1 unspecified atom stereocenters. The molecule has 72 valence electrons. The Balaban J connectivity index is 2.63. The minimum atomic E-state index is -0.285. The Morgan fingerprint density at radius 2 is 2.46 bits per heavy atom. The molecule has 0 saturated heterocycles. The van der Waals surface area contributed by atoms with E-state index in [-0.39, 0.29) is 18.4 Å². The molecule has 4 nitrogen and oxygen atoms in total. The molecule has 1 aromatic heterocycles. The molecule has 0 radical (unpaired) electrons. The number of aryl methyl sites for hydroxylation is 1. The highest BCUT2D eigenvalue weighted by atomic mass is 16.5. The standard InChI is InChI=1S/C9H14N2O2/c1-11-5-3-4-8(11)7(10)6-9(12)13-2/h3-5,7H,6,10H2,1-2H3. The number of ether oxygens (including phenoxy) is 1. The van der Waals surface area contributed by atoms with Gasteiger partial charge in [0, 0.05) is 18.9 Å². The van der Waals surface area contributed by atoms with Crippen LogP contribution in [0.5, 0.6) is 0 Å². The van der Waals surface area contributed by atoms with Gasteiger partial charge in [0.15, 0.2) is 0 Å². The average Bonchev–Trinajstić information content (AvgIpc) is 2.51. The quantitative estimate of drug-likeness (QED) is 0.696. The van der Waals surface area contributed by atoms with E-state index in [2.05, 4.69) is 4.74 Å². The van der Waals surface area contributed by atoms with E-state index >= 15 is 0 Å². The van der Waals surface area contributed by atoms with Gasteiger partial charge >= 0.3 is 5.97 Å². The van der Waals surface area contributed by atoms with E-state index in [1.54, 1.807) is 0 Å². The van der Waals surface area contributed by atoms with Gasteiger partial charge in [0.05, 0.1) is 19.6 Å². The highest BCUT2D eigenvalue weighted by molar-refractivity contribution is 5.70. The van der Waals surface area contributed by atoms with E-state index in [1.807, 2.05) is 29.9 Å². The van der Waals surface area contributed by atoms with E-state index in [9.17, 15) is 4.79 Å².